The Kier molecular flexibility index (Phi) is 4.25. The fourth-order valence-electron chi connectivity index (χ4n) is 1.14. The lowest BCUT2D eigenvalue weighted by molar-refractivity contribution is -0.117. The molecule has 0 aliphatic rings. The molecule has 0 bridgehead atoms. The third-order valence-electron chi connectivity index (χ3n) is 2.21. The number of carbonyl (C=O) groups excluding carboxylic acids is 1. The summed E-state index contributed by atoms with van der Waals surface area (Å²) in [7, 11) is 1.47. The van der Waals surface area contributed by atoms with Gasteiger partial charge in [0.05, 0.1) is 18.8 Å². The zero-order valence-electron chi connectivity index (χ0n) is 9.29. The van der Waals surface area contributed by atoms with Crippen LogP contribution in [-0.2, 0) is 4.79 Å². The van der Waals surface area contributed by atoms with Gasteiger partial charge >= 0.3 is 0 Å². The molecule has 0 fully saturated rings. The summed E-state index contributed by atoms with van der Waals surface area (Å²) in [5, 5.41) is 2.42. The zero-order chi connectivity index (χ0) is 12.1. The minimum Gasteiger partial charge on any atom is -0.497 e. The molecule has 0 heterocycles. The average Bonchev–Trinajstić information content (AvgIpc) is 2.30. The van der Waals surface area contributed by atoms with Gasteiger partial charge in [0, 0.05) is 6.07 Å². The number of hydrogen-bond acceptors (Lipinski definition) is 3. The summed E-state index contributed by atoms with van der Waals surface area (Å²) in [5.74, 6) is -0.450. The first-order valence-electron chi connectivity index (χ1n) is 4.98. The van der Waals surface area contributed by atoms with Gasteiger partial charge in [-0.2, -0.15) is 0 Å². The van der Waals surface area contributed by atoms with Crippen molar-refractivity contribution in [1.82, 2.24) is 0 Å². The molecular formula is C11H15FN2O2. The molecule has 0 saturated carbocycles. The molecule has 3 N–H and O–H groups in total. The van der Waals surface area contributed by atoms with Crippen LogP contribution in [-0.4, -0.2) is 19.1 Å². The van der Waals surface area contributed by atoms with Gasteiger partial charge in [0.2, 0.25) is 5.91 Å². The first-order chi connectivity index (χ1) is 7.58. The van der Waals surface area contributed by atoms with Gasteiger partial charge in [0.15, 0.2) is 0 Å². The van der Waals surface area contributed by atoms with Gasteiger partial charge in [-0.15, -0.1) is 0 Å². The quantitative estimate of drug-likeness (QED) is 0.817. The highest BCUT2D eigenvalue weighted by atomic mass is 19.1. The summed E-state index contributed by atoms with van der Waals surface area (Å²) in [6.45, 7) is 1.78. The van der Waals surface area contributed by atoms with Gasteiger partial charge in [0.25, 0.3) is 0 Å². The molecule has 1 atom stereocenters. The van der Waals surface area contributed by atoms with E-state index in [1.165, 1.54) is 25.3 Å². The Bertz CT molecular complexity index is 382. The second-order valence-corrected chi connectivity index (χ2v) is 3.35. The summed E-state index contributed by atoms with van der Waals surface area (Å²) in [6.07, 6.45) is 0.497. The second kappa shape index (κ2) is 5.46. The number of nitrogens with two attached hydrogens (primary N) is 1. The Morgan fingerprint density at radius 3 is 2.88 bits per heavy atom. The first-order valence-corrected chi connectivity index (χ1v) is 4.98. The van der Waals surface area contributed by atoms with Crippen molar-refractivity contribution in [2.45, 2.75) is 19.4 Å². The fraction of sp³-hybridized carbons (Fsp3) is 0.364. The highest BCUT2D eigenvalue weighted by molar-refractivity contribution is 5.94. The molecule has 5 heteroatoms. The number of rotatable bonds is 4. The molecule has 0 aromatic heterocycles. The molecule has 0 saturated heterocycles. The molecular weight excluding hydrogens is 211 g/mol. The molecule has 1 unspecified atom stereocenters. The summed E-state index contributed by atoms with van der Waals surface area (Å²) in [6, 6.07) is 3.48. The van der Waals surface area contributed by atoms with Gasteiger partial charge in [-0.1, -0.05) is 6.92 Å². The van der Waals surface area contributed by atoms with Crippen molar-refractivity contribution in [3.63, 3.8) is 0 Å². The van der Waals surface area contributed by atoms with E-state index in [0.717, 1.165) is 0 Å². The van der Waals surface area contributed by atoms with Gasteiger partial charge in [-0.25, -0.2) is 4.39 Å². The Labute approximate surface area is 93.6 Å². The predicted molar refractivity (Wildman–Crippen MR) is 59.8 cm³/mol. The second-order valence-electron chi connectivity index (χ2n) is 3.35. The third kappa shape index (κ3) is 2.93. The zero-order valence-corrected chi connectivity index (χ0v) is 9.29. The van der Waals surface area contributed by atoms with Crippen molar-refractivity contribution in [3.05, 3.63) is 24.0 Å². The number of methoxy groups -OCH3 is 1. The third-order valence-corrected chi connectivity index (χ3v) is 2.21. The van der Waals surface area contributed by atoms with E-state index in [9.17, 15) is 9.18 Å². The average molecular weight is 226 g/mol. The van der Waals surface area contributed by atoms with Crippen LogP contribution in [0.2, 0.25) is 0 Å². The maximum Gasteiger partial charge on any atom is 0.241 e. The normalized spacial score (nSPS) is 12.0. The van der Waals surface area contributed by atoms with Crippen molar-refractivity contribution < 1.29 is 13.9 Å². The Morgan fingerprint density at radius 2 is 2.31 bits per heavy atom. The lowest BCUT2D eigenvalue weighted by Gasteiger charge is -2.11. The van der Waals surface area contributed by atoms with Crippen molar-refractivity contribution >= 4 is 11.6 Å². The summed E-state index contributed by atoms with van der Waals surface area (Å²) < 4.78 is 18.3. The maximum absolute atomic E-state index is 13.3. The number of amides is 1. The minimum atomic E-state index is -0.634. The van der Waals surface area contributed by atoms with E-state index in [2.05, 4.69) is 5.32 Å². The van der Waals surface area contributed by atoms with Crippen molar-refractivity contribution in [2.75, 3.05) is 12.4 Å². The van der Waals surface area contributed by atoms with Crippen LogP contribution in [0.4, 0.5) is 10.1 Å². The highest BCUT2D eigenvalue weighted by Gasteiger charge is 2.13. The maximum atomic E-state index is 13.3. The van der Waals surface area contributed by atoms with Gasteiger partial charge < -0.3 is 15.8 Å². The molecule has 0 aliphatic heterocycles. The van der Waals surface area contributed by atoms with Crippen LogP contribution in [0.5, 0.6) is 5.75 Å². The molecule has 1 rings (SSSR count). The van der Waals surface area contributed by atoms with Crippen molar-refractivity contribution in [1.29, 1.82) is 0 Å². The predicted octanol–water partition coefficient (Wildman–Crippen LogP) is 1.51. The van der Waals surface area contributed by atoms with Crippen molar-refractivity contribution in [2.24, 2.45) is 5.73 Å². The van der Waals surface area contributed by atoms with E-state index >= 15 is 0 Å². The first kappa shape index (κ1) is 12.4. The number of ether oxygens (including phenoxy) is 1. The number of nitrogens with one attached hydrogen (secondary N) is 1. The van der Waals surface area contributed by atoms with Crippen LogP contribution in [0.25, 0.3) is 0 Å². The Balaban J connectivity index is 2.83. The van der Waals surface area contributed by atoms with E-state index in [4.69, 9.17) is 10.5 Å². The molecule has 0 radical (unpaired) electrons. The molecule has 1 amide bonds. The lowest BCUT2D eigenvalue weighted by atomic mass is 10.2. The van der Waals surface area contributed by atoms with Crippen LogP contribution in [0.3, 0.4) is 0 Å². The van der Waals surface area contributed by atoms with E-state index in [1.54, 1.807) is 6.92 Å². The van der Waals surface area contributed by atoms with E-state index < -0.39 is 17.8 Å². The fourth-order valence-corrected chi connectivity index (χ4v) is 1.14. The van der Waals surface area contributed by atoms with E-state index in [-0.39, 0.29) is 5.69 Å². The highest BCUT2D eigenvalue weighted by Crippen LogP contribution is 2.21. The Hall–Kier alpha value is -1.62. The summed E-state index contributed by atoms with van der Waals surface area (Å²) in [5.41, 5.74) is 5.60. The molecule has 16 heavy (non-hydrogen) atoms. The lowest BCUT2D eigenvalue weighted by Crippen LogP contribution is -2.35. The van der Waals surface area contributed by atoms with Crippen LogP contribution in [0, 0.1) is 5.82 Å². The van der Waals surface area contributed by atoms with E-state index in [0.29, 0.717) is 12.2 Å². The Morgan fingerprint density at radius 1 is 1.62 bits per heavy atom. The standard InChI is InChI=1S/C11H15FN2O2/c1-3-9(13)11(15)14-10-6-7(16-2)4-5-8(10)12/h4-6,9H,3,13H2,1-2H3,(H,14,15). The number of halogens is 1. The van der Waals surface area contributed by atoms with Gasteiger partial charge in [0.1, 0.15) is 11.6 Å². The SMILES string of the molecule is CCC(N)C(=O)Nc1cc(OC)ccc1F. The summed E-state index contributed by atoms with van der Waals surface area (Å²) >= 11 is 0. The topological polar surface area (TPSA) is 64.4 Å². The number of benzene rings is 1. The summed E-state index contributed by atoms with van der Waals surface area (Å²) in [4.78, 5) is 11.5. The largest absolute Gasteiger partial charge is 0.497 e. The molecule has 0 spiro atoms. The van der Waals surface area contributed by atoms with Crippen LogP contribution < -0.4 is 15.8 Å². The molecule has 0 aliphatic carbocycles. The molecule has 4 nitrogen and oxygen atoms in total. The molecule has 88 valence electrons. The monoisotopic (exact) mass is 226 g/mol. The minimum absolute atomic E-state index is 0.0771. The molecule has 1 aromatic rings. The number of anilines is 1. The molecule has 1 aromatic carbocycles. The number of carbonyl (C=O) groups is 1. The van der Waals surface area contributed by atoms with Gasteiger partial charge in [-0.05, 0) is 18.6 Å². The van der Waals surface area contributed by atoms with Crippen molar-refractivity contribution in [3.8, 4) is 5.75 Å². The van der Waals surface area contributed by atoms with Crippen LogP contribution >= 0.6 is 0 Å². The van der Waals surface area contributed by atoms with Crippen LogP contribution in [0.1, 0.15) is 13.3 Å². The van der Waals surface area contributed by atoms with E-state index in [1.807, 2.05) is 0 Å². The van der Waals surface area contributed by atoms with Gasteiger partial charge in [-0.3, -0.25) is 4.79 Å². The van der Waals surface area contributed by atoms with Crippen LogP contribution in [0.15, 0.2) is 18.2 Å². The number of hydrogen-bond donors (Lipinski definition) is 2. The smallest absolute Gasteiger partial charge is 0.241 e.